The molecular formula is C24H28N2O7S. The van der Waals surface area contributed by atoms with Crippen LogP contribution in [0.4, 0.5) is 5.69 Å². The normalized spacial score (nSPS) is 20.1. The van der Waals surface area contributed by atoms with Crippen LogP contribution in [-0.2, 0) is 26.2 Å². The van der Waals surface area contributed by atoms with Crippen molar-refractivity contribution in [1.29, 1.82) is 0 Å². The molecule has 0 unspecified atom stereocenters. The highest BCUT2D eigenvalue weighted by molar-refractivity contribution is 7.92. The van der Waals surface area contributed by atoms with Crippen molar-refractivity contribution in [3.8, 4) is 17.2 Å². The maximum atomic E-state index is 13.3. The topological polar surface area (TPSA) is 111 Å². The average molecular weight is 489 g/mol. The molecule has 4 rings (SSSR count). The molecule has 1 N–H and O–H groups in total. The highest BCUT2D eigenvalue weighted by Gasteiger charge is 2.47. The molecule has 10 heteroatoms. The summed E-state index contributed by atoms with van der Waals surface area (Å²) in [5.74, 6) is 0.0334. The molecule has 9 nitrogen and oxygen atoms in total. The van der Waals surface area contributed by atoms with E-state index in [2.05, 4.69) is 4.72 Å². The molecule has 34 heavy (non-hydrogen) atoms. The standard InChI is InChI=1S/C24H28N2O7S/c1-31-16-9-11-20(32-2)19(13-16)25-34(29,30)22-12-15(8-10-21(22)33-3)14-26-23(27)17-6-4-5-7-18(17)24(26)28/h8-13,17-18,25H,4-7,14H2,1-3H3/t17-,18-/m0/s1. The second-order valence-corrected chi connectivity index (χ2v) is 10.1. The number of likely N-dealkylation sites (tertiary alicyclic amines) is 1. The monoisotopic (exact) mass is 488 g/mol. The number of sulfonamides is 1. The Balaban J connectivity index is 1.64. The Kier molecular flexibility index (Phi) is 6.70. The molecule has 1 saturated heterocycles. The lowest BCUT2D eigenvalue weighted by Gasteiger charge is -2.19. The number of nitrogens with one attached hydrogen (secondary N) is 1. The van der Waals surface area contributed by atoms with Gasteiger partial charge in [0.15, 0.2) is 0 Å². The minimum absolute atomic E-state index is 0.0136. The fourth-order valence-corrected chi connectivity index (χ4v) is 5.97. The number of carbonyl (C=O) groups is 2. The van der Waals surface area contributed by atoms with Crippen molar-refractivity contribution < 1.29 is 32.2 Å². The number of carbonyl (C=O) groups excluding carboxylic acids is 2. The van der Waals surface area contributed by atoms with E-state index in [1.165, 1.54) is 44.4 Å². The number of anilines is 1. The van der Waals surface area contributed by atoms with E-state index in [0.29, 0.717) is 17.1 Å². The quantitative estimate of drug-likeness (QED) is 0.568. The minimum atomic E-state index is -4.12. The second-order valence-electron chi connectivity index (χ2n) is 8.42. The Hall–Kier alpha value is -3.27. The molecular weight excluding hydrogens is 460 g/mol. The highest BCUT2D eigenvalue weighted by atomic mass is 32.2. The molecule has 1 aliphatic carbocycles. The molecule has 2 aromatic rings. The molecule has 2 fully saturated rings. The van der Waals surface area contributed by atoms with E-state index >= 15 is 0 Å². The van der Waals surface area contributed by atoms with E-state index in [1.54, 1.807) is 18.2 Å². The van der Waals surface area contributed by atoms with Gasteiger partial charge in [-0.15, -0.1) is 0 Å². The number of imide groups is 1. The summed E-state index contributed by atoms with van der Waals surface area (Å²) >= 11 is 0. The van der Waals surface area contributed by atoms with E-state index in [1.807, 2.05) is 0 Å². The van der Waals surface area contributed by atoms with Gasteiger partial charge in [-0.05, 0) is 42.7 Å². The molecule has 0 radical (unpaired) electrons. The third-order valence-electron chi connectivity index (χ3n) is 6.44. The van der Waals surface area contributed by atoms with Crippen molar-refractivity contribution in [2.24, 2.45) is 11.8 Å². The first-order valence-corrected chi connectivity index (χ1v) is 12.5. The molecule has 1 aliphatic heterocycles. The first kappa shape index (κ1) is 23.9. The first-order chi connectivity index (χ1) is 16.3. The predicted molar refractivity (Wildman–Crippen MR) is 124 cm³/mol. The minimum Gasteiger partial charge on any atom is -0.497 e. The Labute approximate surface area is 199 Å². The summed E-state index contributed by atoms with van der Waals surface area (Å²) in [6.07, 6.45) is 3.33. The number of benzene rings is 2. The van der Waals surface area contributed by atoms with Crippen LogP contribution < -0.4 is 18.9 Å². The smallest absolute Gasteiger partial charge is 0.265 e. The predicted octanol–water partition coefficient (Wildman–Crippen LogP) is 3.19. The zero-order chi connectivity index (χ0) is 24.5. The fourth-order valence-electron chi connectivity index (χ4n) is 4.69. The maximum Gasteiger partial charge on any atom is 0.265 e. The van der Waals surface area contributed by atoms with Gasteiger partial charge in [-0.1, -0.05) is 18.9 Å². The average Bonchev–Trinajstić information content (AvgIpc) is 3.08. The summed E-state index contributed by atoms with van der Waals surface area (Å²) in [6.45, 7) is 0.0136. The van der Waals surface area contributed by atoms with Crippen LogP contribution in [0.2, 0.25) is 0 Å². The molecule has 0 bridgehead atoms. The van der Waals surface area contributed by atoms with E-state index in [9.17, 15) is 18.0 Å². The lowest BCUT2D eigenvalue weighted by atomic mass is 9.81. The molecule has 2 aromatic carbocycles. The Morgan fingerprint density at radius 1 is 0.882 bits per heavy atom. The second kappa shape index (κ2) is 9.54. The van der Waals surface area contributed by atoms with Crippen LogP contribution in [0.25, 0.3) is 0 Å². The van der Waals surface area contributed by atoms with Gasteiger partial charge in [-0.25, -0.2) is 8.42 Å². The van der Waals surface area contributed by atoms with Gasteiger partial charge in [0, 0.05) is 6.07 Å². The summed E-state index contributed by atoms with van der Waals surface area (Å²) in [5, 5.41) is 0. The zero-order valence-corrected chi connectivity index (χ0v) is 20.2. The van der Waals surface area contributed by atoms with Gasteiger partial charge in [0.05, 0.1) is 45.4 Å². The molecule has 1 heterocycles. The molecule has 1 saturated carbocycles. The number of hydrogen-bond acceptors (Lipinski definition) is 7. The lowest BCUT2D eigenvalue weighted by Crippen LogP contribution is -2.30. The van der Waals surface area contributed by atoms with Crippen molar-refractivity contribution in [2.75, 3.05) is 26.1 Å². The number of hydrogen-bond donors (Lipinski definition) is 1. The van der Waals surface area contributed by atoms with Gasteiger partial charge in [-0.3, -0.25) is 19.2 Å². The number of fused-ring (bicyclic) bond motifs is 1. The summed E-state index contributed by atoms with van der Waals surface area (Å²) in [7, 11) is 0.166. The van der Waals surface area contributed by atoms with Crippen molar-refractivity contribution in [3.05, 3.63) is 42.0 Å². The van der Waals surface area contributed by atoms with Gasteiger partial charge >= 0.3 is 0 Å². The molecule has 2 atom stereocenters. The van der Waals surface area contributed by atoms with Crippen LogP contribution in [-0.4, -0.2) is 46.5 Å². The van der Waals surface area contributed by atoms with Crippen LogP contribution in [0, 0.1) is 11.8 Å². The van der Waals surface area contributed by atoms with E-state index in [4.69, 9.17) is 14.2 Å². The van der Waals surface area contributed by atoms with Gasteiger partial charge in [0.25, 0.3) is 10.0 Å². The third-order valence-corrected chi connectivity index (χ3v) is 7.83. The van der Waals surface area contributed by atoms with E-state index < -0.39 is 10.0 Å². The Bertz CT molecular complexity index is 1190. The summed E-state index contributed by atoms with van der Waals surface area (Å²) in [6, 6.07) is 9.36. The molecule has 182 valence electrons. The van der Waals surface area contributed by atoms with Gasteiger partial charge in [0.1, 0.15) is 22.1 Å². The van der Waals surface area contributed by atoms with Gasteiger partial charge in [0.2, 0.25) is 11.8 Å². The van der Waals surface area contributed by atoms with Crippen molar-refractivity contribution in [3.63, 3.8) is 0 Å². The van der Waals surface area contributed by atoms with E-state index in [0.717, 1.165) is 25.7 Å². The number of nitrogens with zero attached hydrogens (tertiary/aromatic N) is 1. The molecule has 2 amide bonds. The van der Waals surface area contributed by atoms with Crippen LogP contribution in [0.5, 0.6) is 17.2 Å². The number of methoxy groups -OCH3 is 3. The van der Waals surface area contributed by atoms with Crippen LogP contribution in [0.15, 0.2) is 41.3 Å². The van der Waals surface area contributed by atoms with Crippen molar-refractivity contribution in [2.45, 2.75) is 37.1 Å². The van der Waals surface area contributed by atoms with Crippen molar-refractivity contribution >= 4 is 27.5 Å². The Morgan fingerprint density at radius 3 is 2.09 bits per heavy atom. The summed E-state index contributed by atoms with van der Waals surface area (Å²) in [5.41, 5.74) is 0.711. The molecule has 2 aliphatic rings. The third kappa shape index (κ3) is 4.42. The largest absolute Gasteiger partial charge is 0.497 e. The number of amides is 2. The zero-order valence-electron chi connectivity index (χ0n) is 19.4. The van der Waals surface area contributed by atoms with Gasteiger partial charge in [-0.2, -0.15) is 0 Å². The van der Waals surface area contributed by atoms with Crippen LogP contribution >= 0.6 is 0 Å². The molecule has 0 spiro atoms. The van der Waals surface area contributed by atoms with Crippen LogP contribution in [0.1, 0.15) is 31.2 Å². The number of rotatable bonds is 8. The summed E-state index contributed by atoms with van der Waals surface area (Å²) in [4.78, 5) is 26.9. The molecule has 0 aromatic heterocycles. The number of ether oxygens (including phenoxy) is 3. The van der Waals surface area contributed by atoms with Crippen LogP contribution in [0.3, 0.4) is 0 Å². The maximum absolute atomic E-state index is 13.3. The first-order valence-electron chi connectivity index (χ1n) is 11.1. The lowest BCUT2D eigenvalue weighted by molar-refractivity contribution is -0.140. The summed E-state index contributed by atoms with van der Waals surface area (Å²) < 4.78 is 44.9. The Morgan fingerprint density at radius 2 is 1.50 bits per heavy atom. The fraction of sp³-hybridized carbons (Fsp3) is 0.417. The SMILES string of the molecule is COc1ccc(OC)c(NS(=O)(=O)c2cc(CN3C(=O)[C@H]4CCCC[C@@H]4C3=O)ccc2OC)c1. The van der Waals surface area contributed by atoms with E-state index in [-0.39, 0.29) is 46.5 Å². The van der Waals surface area contributed by atoms with Crippen molar-refractivity contribution in [1.82, 2.24) is 4.90 Å². The highest BCUT2D eigenvalue weighted by Crippen LogP contribution is 2.39. The van der Waals surface area contributed by atoms with Gasteiger partial charge < -0.3 is 14.2 Å².